The van der Waals surface area contributed by atoms with Crippen molar-refractivity contribution in [2.45, 2.75) is 0 Å². The number of H-pyrrole nitrogens is 1. The van der Waals surface area contributed by atoms with Crippen LogP contribution in [0.4, 0.5) is 11.8 Å². The molecule has 4 heteroatoms. The molecule has 0 spiro atoms. The predicted molar refractivity (Wildman–Crippen MR) is 25.8 cm³/mol. The number of nitrogens with one attached hydrogen (secondary N) is 2. The number of hydrogen-bond donors (Lipinski definition) is 2. The molecule has 0 fully saturated rings. The van der Waals surface area contributed by atoms with Crippen LogP contribution in [0.5, 0.6) is 0 Å². The summed E-state index contributed by atoms with van der Waals surface area (Å²) < 4.78 is 0. The van der Waals surface area contributed by atoms with Gasteiger partial charge in [0.15, 0.2) is 5.95 Å². The van der Waals surface area contributed by atoms with Crippen molar-refractivity contribution in [3.05, 3.63) is 6.20 Å². The number of hydrogen-bond acceptors (Lipinski definition) is 2. The van der Waals surface area contributed by atoms with Gasteiger partial charge < -0.3 is 10.7 Å². The summed E-state index contributed by atoms with van der Waals surface area (Å²) in [5, 5.41) is 0. The number of aromatic amines is 1. The second-order valence-corrected chi connectivity index (χ2v) is 1.18. The van der Waals surface area contributed by atoms with E-state index in [0.717, 1.165) is 0 Å². The van der Waals surface area contributed by atoms with Gasteiger partial charge in [-0.15, -0.1) is 0 Å². The maximum atomic E-state index is 6.82. The van der Waals surface area contributed by atoms with Crippen LogP contribution in [0.1, 0.15) is 0 Å². The first-order valence-corrected chi connectivity index (χ1v) is 1.81. The van der Waals surface area contributed by atoms with Crippen molar-refractivity contribution in [3.8, 4) is 0 Å². The van der Waals surface area contributed by atoms with Crippen molar-refractivity contribution < 1.29 is 0 Å². The number of nitrogens with two attached hydrogens (primary N) is 1. The van der Waals surface area contributed by atoms with E-state index < -0.39 is 0 Å². The minimum absolute atomic E-state index is 0.248. The lowest BCUT2D eigenvalue weighted by Gasteiger charge is -1.74. The molecule has 0 bridgehead atoms. The lowest BCUT2D eigenvalue weighted by atomic mass is 10.8. The first-order chi connectivity index (χ1) is 3.29. The maximum Gasteiger partial charge on any atom is 0.199 e. The average Bonchev–Trinajstić information content (AvgIpc) is 1.87. The summed E-state index contributed by atoms with van der Waals surface area (Å²) in [4.78, 5) is 6.02. The molecule has 0 aromatic carbocycles. The van der Waals surface area contributed by atoms with Gasteiger partial charge in [0.1, 0.15) is 5.82 Å². The van der Waals surface area contributed by atoms with Crippen LogP contribution in [0.3, 0.4) is 0 Å². The van der Waals surface area contributed by atoms with E-state index in [1.165, 1.54) is 6.20 Å². The van der Waals surface area contributed by atoms with Gasteiger partial charge in [-0.2, -0.15) is 0 Å². The number of nitrogens with zero attached hydrogens (tertiary/aromatic N) is 1. The van der Waals surface area contributed by atoms with E-state index in [2.05, 4.69) is 9.97 Å². The molecular formula is C3H5N4. The monoisotopic (exact) mass is 97.1 g/mol. The smallest absolute Gasteiger partial charge is 0.199 e. The number of rotatable bonds is 0. The molecule has 1 radical (unpaired) electrons. The standard InChI is InChI=1S/C3H5N4/c4-2-1-6-3(5)7-2/h1,4H,(H3,5,6,7). The molecule has 0 atom stereocenters. The van der Waals surface area contributed by atoms with Crippen LogP contribution < -0.4 is 11.5 Å². The van der Waals surface area contributed by atoms with Crippen molar-refractivity contribution in [2.75, 3.05) is 5.73 Å². The minimum Gasteiger partial charge on any atom is -0.369 e. The van der Waals surface area contributed by atoms with Crippen molar-refractivity contribution in [1.29, 1.82) is 0 Å². The number of nitrogen functional groups attached to an aromatic ring is 1. The third-order valence-corrected chi connectivity index (χ3v) is 0.595. The normalized spacial score (nSPS) is 9.14. The molecule has 1 aromatic heterocycles. The van der Waals surface area contributed by atoms with Crippen LogP contribution >= 0.6 is 0 Å². The Kier molecular flexibility index (Phi) is 0.651. The number of aromatic nitrogens is 2. The van der Waals surface area contributed by atoms with Gasteiger partial charge in [0.25, 0.3) is 0 Å². The van der Waals surface area contributed by atoms with E-state index in [4.69, 9.17) is 11.5 Å². The topological polar surface area (TPSA) is 78.5 Å². The minimum atomic E-state index is 0.248. The van der Waals surface area contributed by atoms with E-state index >= 15 is 0 Å². The highest BCUT2D eigenvalue weighted by Gasteiger charge is 1.86. The Morgan fingerprint density at radius 2 is 2.57 bits per heavy atom. The summed E-state index contributed by atoms with van der Waals surface area (Å²) in [7, 11) is 0. The lowest BCUT2D eigenvalue weighted by Crippen LogP contribution is -1.84. The molecule has 7 heavy (non-hydrogen) atoms. The molecule has 0 aliphatic heterocycles. The fraction of sp³-hybridized carbons (Fsp3) is 0. The second-order valence-electron chi connectivity index (χ2n) is 1.18. The zero-order chi connectivity index (χ0) is 5.28. The van der Waals surface area contributed by atoms with Gasteiger partial charge in [0.05, 0.1) is 6.20 Å². The van der Waals surface area contributed by atoms with Crippen LogP contribution in [0.15, 0.2) is 6.20 Å². The summed E-state index contributed by atoms with van der Waals surface area (Å²) in [5.41, 5.74) is 11.9. The van der Waals surface area contributed by atoms with Crippen molar-refractivity contribution >= 4 is 11.8 Å². The fourth-order valence-electron chi connectivity index (χ4n) is 0.337. The van der Waals surface area contributed by atoms with Gasteiger partial charge in [-0.1, -0.05) is 0 Å². The fourth-order valence-corrected chi connectivity index (χ4v) is 0.337. The highest BCUT2D eigenvalue weighted by atomic mass is 15.1. The molecule has 4 nitrogen and oxygen atoms in total. The van der Waals surface area contributed by atoms with Crippen molar-refractivity contribution in [3.63, 3.8) is 0 Å². The summed E-state index contributed by atoms with van der Waals surface area (Å²) in [6, 6.07) is 0. The molecule has 0 aliphatic carbocycles. The number of anilines is 1. The first-order valence-electron chi connectivity index (χ1n) is 1.81. The van der Waals surface area contributed by atoms with E-state index in [9.17, 15) is 0 Å². The molecule has 37 valence electrons. The SMILES string of the molecule is [NH]c1cnc(N)[nH]1. The van der Waals surface area contributed by atoms with E-state index in [0.29, 0.717) is 5.95 Å². The molecule has 0 amide bonds. The van der Waals surface area contributed by atoms with Gasteiger partial charge >= 0.3 is 0 Å². The van der Waals surface area contributed by atoms with Crippen LogP contribution in [-0.4, -0.2) is 9.97 Å². The maximum absolute atomic E-state index is 6.82. The van der Waals surface area contributed by atoms with Gasteiger partial charge in [0.2, 0.25) is 0 Å². The highest BCUT2D eigenvalue weighted by molar-refractivity contribution is 5.29. The van der Waals surface area contributed by atoms with E-state index in [1.807, 2.05) is 0 Å². The predicted octanol–water partition coefficient (Wildman–Crippen LogP) is -0.0937. The average molecular weight is 97.1 g/mol. The molecule has 0 unspecified atom stereocenters. The summed E-state index contributed by atoms with van der Waals surface area (Å²) in [5.74, 6) is 0.544. The Labute approximate surface area is 40.5 Å². The van der Waals surface area contributed by atoms with Crippen LogP contribution in [0, 0.1) is 0 Å². The molecule has 0 aliphatic rings. The second kappa shape index (κ2) is 1.14. The first kappa shape index (κ1) is 3.98. The van der Waals surface area contributed by atoms with E-state index in [-0.39, 0.29) is 5.82 Å². The summed E-state index contributed by atoms with van der Waals surface area (Å²) in [6.07, 6.45) is 1.36. The van der Waals surface area contributed by atoms with Gasteiger partial charge in [-0.25, -0.2) is 4.98 Å². The van der Waals surface area contributed by atoms with Crippen molar-refractivity contribution in [1.82, 2.24) is 15.7 Å². The van der Waals surface area contributed by atoms with Crippen molar-refractivity contribution in [2.24, 2.45) is 0 Å². The van der Waals surface area contributed by atoms with Gasteiger partial charge in [-0.05, 0) is 0 Å². The Morgan fingerprint density at radius 1 is 1.86 bits per heavy atom. The zero-order valence-electron chi connectivity index (χ0n) is 3.60. The zero-order valence-corrected chi connectivity index (χ0v) is 3.60. The van der Waals surface area contributed by atoms with Crippen LogP contribution in [0.25, 0.3) is 0 Å². The summed E-state index contributed by atoms with van der Waals surface area (Å²) >= 11 is 0. The Balaban J connectivity index is 3.04. The Bertz CT molecular complexity index is 139. The van der Waals surface area contributed by atoms with Crippen LogP contribution in [0.2, 0.25) is 0 Å². The molecule has 0 saturated heterocycles. The molecular weight excluding hydrogens is 92.1 g/mol. The van der Waals surface area contributed by atoms with Crippen LogP contribution in [-0.2, 0) is 0 Å². The molecule has 4 N–H and O–H groups in total. The third-order valence-electron chi connectivity index (χ3n) is 0.595. The molecule has 1 heterocycles. The third kappa shape index (κ3) is 0.623. The van der Waals surface area contributed by atoms with Gasteiger partial charge in [-0.3, -0.25) is 5.73 Å². The van der Waals surface area contributed by atoms with Gasteiger partial charge in [0, 0.05) is 0 Å². The summed E-state index contributed by atoms with van der Waals surface area (Å²) in [6.45, 7) is 0. The number of imidazole rings is 1. The Hall–Kier alpha value is -1.19. The molecule has 1 rings (SSSR count). The molecule has 0 saturated carbocycles. The van der Waals surface area contributed by atoms with E-state index in [1.54, 1.807) is 0 Å². The Morgan fingerprint density at radius 3 is 2.71 bits per heavy atom. The molecule has 1 aromatic rings. The quantitative estimate of drug-likeness (QED) is 0.474. The highest BCUT2D eigenvalue weighted by Crippen LogP contribution is 1.97. The lowest BCUT2D eigenvalue weighted by molar-refractivity contribution is 1.30. The largest absolute Gasteiger partial charge is 0.369 e.